The Morgan fingerprint density at radius 2 is 1.58 bits per heavy atom. The maximum atomic E-state index is 17.1. The second kappa shape index (κ2) is 12.5. The Morgan fingerprint density at radius 1 is 0.895 bits per heavy atom. The Morgan fingerprint density at radius 3 is 2.24 bits per heavy atom. The summed E-state index contributed by atoms with van der Waals surface area (Å²) in [6.45, 7) is 9.51. The van der Waals surface area contributed by atoms with E-state index < -0.39 is 23.1 Å². The smallest absolute Gasteiger partial charge is 0.208 e. The van der Waals surface area contributed by atoms with Crippen molar-refractivity contribution in [1.82, 2.24) is 20.4 Å². The van der Waals surface area contributed by atoms with Gasteiger partial charge >= 0.3 is 0 Å². The van der Waals surface area contributed by atoms with Crippen LogP contribution in [-0.4, -0.2) is 68.0 Å². The van der Waals surface area contributed by atoms with Gasteiger partial charge in [-0.15, -0.1) is 0 Å². The van der Waals surface area contributed by atoms with Gasteiger partial charge in [0.25, 0.3) is 0 Å². The minimum absolute atomic E-state index is 0.0350. The summed E-state index contributed by atoms with van der Waals surface area (Å²) in [5.41, 5.74) is -2.17. The zero-order valence-corrected chi connectivity index (χ0v) is 22.3. The molecule has 0 bridgehead atoms. The van der Waals surface area contributed by atoms with Crippen LogP contribution in [0.4, 0.5) is 17.6 Å². The van der Waals surface area contributed by atoms with Crippen LogP contribution in [0.1, 0.15) is 37.8 Å². The van der Waals surface area contributed by atoms with E-state index in [4.69, 9.17) is 0 Å². The zero-order chi connectivity index (χ0) is 27.2. The van der Waals surface area contributed by atoms with E-state index in [2.05, 4.69) is 20.4 Å². The predicted octanol–water partition coefficient (Wildman–Crippen LogP) is 5.39. The molecule has 1 aliphatic carbocycles. The highest BCUT2D eigenvalue weighted by molar-refractivity contribution is 5.80. The molecule has 0 saturated carbocycles. The average molecular weight is 531 g/mol. The summed E-state index contributed by atoms with van der Waals surface area (Å²) < 4.78 is 62.7. The van der Waals surface area contributed by atoms with E-state index >= 15 is 8.78 Å². The summed E-state index contributed by atoms with van der Waals surface area (Å²) in [5.74, 6) is -3.42. The Hall–Kier alpha value is -2.68. The van der Waals surface area contributed by atoms with E-state index in [0.717, 1.165) is 57.2 Å². The summed E-state index contributed by atoms with van der Waals surface area (Å²) in [5, 5.41) is 6.14. The third kappa shape index (κ3) is 6.30. The minimum atomic E-state index is -2.34. The molecule has 2 aromatic carbocycles. The van der Waals surface area contributed by atoms with Gasteiger partial charge in [0.15, 0.2) is 5.67 Å². The van der Waals surface area contributed by atoms with E-state index in [1.165, 1.54) is 36.4 Å². The molecule has 0 amide bonds. The molecule has 2 aromatic rings. The molecule has 4 rings (SSSR count). The molecule has 0 spiro atoms. The number of hydrogen-bond donors (Lipinski definition) is 2. The Bertz CT molecular complexity index is 1140. The molecule has 4 nitrogen and oxygen atoms in total. The van der Waals surface area contributed by atoms with Crippen LogP contribution in [0.5, 0.6) is 0 Å². The van der Waals surface area contributed by atoms with E-state index in [1.807, 2.05) is 13.8 Å². The van der Waals surface area contributed by atoms with Crippen LogP contribution >= 0.6 is 0 Å². The number of halogens is 4. The number of allylic oxidation sites excluding steroid dienone is 1. The number of rotatable bonds is 12. The van der Waals surface area contributed by atoms with Crippen molar-refractivity contribution in [2.45, 2.75) is 38.2 Å². The zero-order valence-electron chi connectivity index (χ0n) is 22.3. The molecule has 38 heavy (non-hydrogen) atoms. The number of alkyl halides is 2. The Kier molecular flexibility index (Phi) is 9.28. The molecule has 0 radical (unpaired) electrons. The summed E-state index contributed by atoms with van der Waals surface area (Å²) in [6, 6.07) is 10.8. The topological polar surface area (TPSA) is 30.5 Å². The van der Waals surface area contributed by atoms with Gasteiger partial charge in [0.2, 0.25) is 5.79 Å². The first-order chi connectivity index (χ1) is 18.3. The minimum Gasteiger partial charge on any atom is -0.383 e. The van der Waals surface area contributed by atoms with Crippen molar-refractivity contribution in [3.05, 3.63) is 89.1 Å². The average Bonchev–Trinajstić information content (AvgIpc) is 3.42. The van der Waals surface area contributed by atoms with E-state index in [-0.39, 0.29) is 22.4 Å². The second-order valence-electron chi connectivity index (χ2n) is 9.96. The maximum Gasteiger partial charge on any atom is 0.208 e. The molecule has 206 valence electrons. The van der Waals surface area contributed by atoms with Crippen LogP contribution in [-0.2, 0) is 5.67 Å². The molecular weight excluding hydrogens is 492 g/mol. The van der Waals surface area contributed by atoms with Crippen LogP contribution in [0, 0.1) is 11.6 Å². The highest BCUT2D eigenvalue weighted by Crippen LogP contribution is 2.47. The van der Waals surface area contributed by atoms with E-state index in [0.29, 0.717) is 26.2 Å². The van der Waals surface area contributed by atoms with E-state index in [9.17, 15) is 8.78 Å². The Labute approximate surface area is 223 Å². The SMILES string of the molecule is CCN(CC)CCNC1(F)C=CC(F)(c2cccc(F)c2)C(NCCN2CCCC2)=C1c1cccc(F)c1. The molecule has 0 aromatic heterocycles. The first kappa shape index (κ1) is 28.3. The molecule has 2 atom stereocenters. The highest BCUT2D eigenvalue weighted by atomic mass is 19.2. The second-order valence-corrected chi connectivity index (χ2v) is 9.96. The lowest BCUT2D eigenvalue weighted by atomic mass is 9.79. The maximum absolute atomic E-state index is 17.1. The normalized spacial score (nSPS) is 24.0. The quantitative estimate of drug-likeness (QED) is 0.219. The fourth-order valence-electron chi connectivity index (χ4n) is 5.36. The summed E-state index contributed by atoms with van der Waals surface area (Å²) in [4.78, 5) is 4.41. The lowest BCUT2D eigenvalue weighted by Gasteiger charge is -2.39. The van der Waals surface area contributed by atoms with Crippen LogP contribution in [0.25, 0.3) is 5.57 Å². The first-order valence-electron chi connectivity index (χ1n) is 13.6. The number of benzene rings is 2. The largest absolute Gasteiger partial charge is 0.383 e. The molecule has 1 saturated heterocycles. The number of nitrogens with one attached hydrogen (secondary N) is 2. The van der Waals surface area contributed by atoms with Gasteiger partial charge in [-0.25, -0.2) is 17.6 Å². The van der Waals surface area contributed by atoms with Crippen molar-refractivity contribution in [3.63, 3.8) is 0 Å². The van der Waals surface area contributed by atoms with E-state index in [1.54, 1.807) is 6.07 Å². The fourth-order valence-corrected chi connectivity index (χ4v) is 5.36. The van der Waals surface area contributed by atoms with Crippen LogP contribution in [0.15, 0.2) is 66.4 Å². The van der Waals surface area contributed by atoms with Gasteiger partial charge in [0.1, 0.15) is 11.6 Å². The van der Waals surface area contributed by atoms with Crippen molar-refractivity contribution >= 4 is 5.57 Å². The molecule has 1 heterocycles. The van der Waals surface area contributed by atoms with Crippen molar-refractivity contribution < 1.29 is 17.6 Å². The summed E-state index contributed by atoms with van der Waals surface area (Å²) >= 11 is 0. The van der Waals surface area contributed by atoms with Gasteiger partial charge in [-0.1, -0.05) is 38.1 Å². The molecule has 2 N–H and O–H groups in total. The van der Waals surface area contributed by atoms with Gasteiger partial charge in [0.05, 0.1) is 5.70 Å². The van der Waals surface area contributed by atoms with Crippen molar-refractivity contribution in [2.75, 3.05) is 52.4 Å². The third-order valence-corrected chi connectivity index (χ3v) is 7.51. The van der Waals surface area contributed by atoms with Crippen molar-refractivity contribution in [1.29, 1.82) is 0 Å². The van der Waals surface area contributed by atoms with Gasteiger partial charge in [0, 0.05) is 37.3 Å². The monoisotopic (exact) mass is 530 g/mol. The number of likely N-dealkylation sites (tertiary alicyclic amines) is 1. The Balaban J connectivity index is 1.79. The molecule has 8 heteroatoms. The van der Waals surface area contributed by atoms with Crippen LogP contribution in [0.2, 0.25) is 0 Å². The molecule has 2 unspecified atom stereocenters. The predicted molar refractivity (Wildman–Crippen MR) is 145 cm³/mol. The lowest BCUT2D eigenvalue weighted by molar-refractivity contribution is 0.201. The van der Waals surface area contributed by atoms with Gasteiger partial charge in [-0.2, -0.15) is 0 Å². The van der Waals surface area contributed by atoms with Gasteiger partial charge < -0.3 is 15.1 Å². The lowest BCUT2D eigenvalue weighted by Crippen LogP contribution is -2.50. The molecular formula is C30H38F4N4. The van der Waals surface area contributed by atoms with Crippen LogP contribution in [0.3, 0.4) is 0 Å². The first-order valence-corrected chi connectivity index (χ1v) is 13.6. The van der Waals surface area contributed by atoms with Gasteiger partial charge in [-0.05, 0) is 81.0 Å². The molecule has 1 fully saturated rings. The molecule has 1 aliphatic heterocycles. The molecule has 2 aliphatic rings. The standard InChI is InChI=1S/C30H38F4N4/c1-3-37(4-2)20-16-36-30(34)14-13-29(33,24-10-8-12-26(32)22-24)28(35-15-19-38-17-5-6-18-38)27(30)23-9-7-11-25(31)21-23/h7-14,21-22,35-36H,3-6,15-20H2,1-2H3. The highest BCUT2D eigenvalue weighted by Gasteiger charge is 2.47. The third-order valence-electron chi connectivity index (χ3n) is 7.51. The van der Waals surface area contributed by atoms with Crippen LogP contribution < -0.4 is 10.6 Å². The summed E-state index contributed by atoms with van der Waals surface area (Å²) in [7, 11) is 0. The number of likely N-dealkylation sites (N-methyl/N-ethyl adjacent to an activating group) is 1. The van der Waals surface area contributed by atoms with Gasteiger partial charge in [-0.3, -0.25) is 5.32 Å². The summed E-state index contributed by atoms with van der Waals surface area (Å²) in [6.07, 6.45) is 4.51. The van der Waals surface area contributed by atoms with Crippen molar-refractivity contribution in [3.8, 4) is 0 Å². The number of nitrogens with zero attached hydrogens (tertiary/aromatic N) is 2. The fraction of sp³-hybridized carbons (Fsp3) is 0.467. The number of hydrogen-bond acceptors (Lipinski definition) is 4. The van der Waals surface area contributed by atoms with Crippen molar-refractivity contribution in [2.24, 2.45) is 0 Å².